The molecule has 1 aliphatic heterocycles. The maximum Gasteiger partial charge on any atom is 0.257 e. The van der Waals surface area contributed by atoms with Crippen LogP contribution in [0.4, 0.5) is 5.95 Å². The first kappa shape index (κ1) is 19.3. The smallest absolute Gasteiger partial charge is 0.257 e. The van der Waals surface area contributed by atoms with Crippen LogP contribution >= 0.6 is 23.1 Å². The average Bonchev–Trinajstić information content (AvgIpc) is 3.55. The predicted octanol–water partition coefficient (Wildman–Crippen LogP) is 5.14. The molecule has 1 aliphatic rings. The lowest BCUT2D eigenvalue weighted by molar-refractivity contribution is 0.510. The number of aromatic nitrogens is 5. The summed E-state index contributed by atoms with van der Waals surface area (Å²) in [5.41, 5.74) is 2.29. The summed E-state index contributed by atoms with van der Waals surface area (Å²) in [6.45, 7) is 6.17. The maximum absolute atomic E-state index is 5.93. The fourth-order valence-electron chi connectivity index (χ4n) is 3.49. The number of thioether (sulfide) groups is 1. The molecule has 154 valence electrons. The Labute approximate surface area is 183 Å². The fraction of sp³-hybridized carbons (Fsp3) is 0.333. The molecule has 1 aromatic carbocycles. The Hall–Kier alpha value is -2.65. The summed E-state index contributed by atoms with van der Waals surface area (Å²) in [4.78, 5) is 3.29. The van der Waals surface area contributed by atoms with Crippen LogP contribution in [0.1, 0.15) is 36.5 Å². The van der Waals surface area contributed by atoms with Crippen LogP contribution in [-0.4, -0.2) is 38.1 Å². The molecule has 1 fully saturated rings. The minimum Gasteiger partial charge on any atom is -0.419 e. The van der Waals surface area contributed by atoms with E-state index in [1.54, 1.807) is 23.1 Å². The average molecular weight is 439 g/mol. The second kappa shape index (κ2) is 8.23. The van der Waals surface area contributed by atoms with E-state index in [0.717, 1.165) is 34.8 Å². The number of hydrogen-bond acceptors (Lipinski definition) is 8. The number of nitrogens with zero attached hydrogens (tertiary/aromatic N) is 6. The molecule has 5 rings (SSSR count). The van der Waals surface area contributed by atoms with Gasteiger partial charge in [0.15, 0.2) is 5.16 Å². The maximum atomic E-state index is 5.93. The topological polar surface area (TPSA) is 72.9 Å². The monoisotopic (exact) mass is 438 g/mol. The number of thiophene rings is 1. The first-order valence-electron chi connectivity index (χ1n) is 10.0. The minimum absolute atomic E-state index is 0.0500. The lowest BCUT2D eigenvalue weighted by Gasteiger charge is -2.19. The Kier molecular flexibility index (Phi) is 5.30. The van der Waals surface area contributed by atoms with Gasteiger partial charge >= 0.3 is 0 Å². The summed E-state index contributed by atoms with van der Waals surface area (Å²) in [6.07, 6.45) is 2.38. The van der Waals surface area contributed by atoms with E-state index in [0.29, 0.717) is 11.8 Å². The van der Waals surface area contributed by atoms with Crippen LogP contribution in [0.2, 0.25) is 0 Å². The zero-order chi connectivity index (χ0) is 20.5. The summed E-state index contributed by atoms with van der Waals surface area (Å²) in [5.74, 6) is 2.05. The Balaban J connectivity index is 1.45. The highest BCUT2D eigenvalue weighted by Gasteiger charge is 2.25. The van der Waals surface area contributed by atoms with Gasteiger partial charge in [-0.1, -0.05) is 35.5 Å². The van der Waals surface area contributed by atoms with Crippen molar-refractivity contribution in [3.63, 3.8) is 0 Å². The lowest BCUT2D eigenvalue weighted by Crippen LogP contribution is -2.22. The van der Waals surface area contributed by atoms with Crippen LogP contribution in [-0.2, 0) is 0 Å². The molecule has 0 bridgehead atoms. The molecule has 1 atom stereocenters. The molecule has 0 radical (unpaired) electrons. The van der Waals surface area contributed by atoms with E-state index in [2.05, 4.69) is 68.0 Å². The first-order valence-corrected chi connectivity index (χ1v) is 11.8. The van der Waals surface area contributed by atoms with E-state index in [9.17, 15) is 0 Å². The molecule has 1 saturated heterocycles. The van der Waals surface area contributed by atoms with Gasteiger partial charge < -0.3 is 9.32 Å². The van der Waals surface area contributed by atoms with Crippen LogP contribution in [0.3, 0.4) is 0 Å². The fourth-order valence-corrected chi connectivity index (χ4v) is 5.02. The van der Waals surface area contributed by atoms with Gasteiger partial charge in [0.05, 0.1) is 15.8 Å². The molecule has 0 unspecified atom stereocenters. The van der Waals surface area contributed by atoms with Gasteiger partial charge in [0.1, 0.15) is 0 Å². The van der Waals surface area contributed by atoms with Crippen molar-refractivity contribution >= 4 is 29.0 Å². The van der Waals surface area contributed by atoms with Crippen molar-refractivity contribution in [1.82, 2.24) is 25.0 Å². The summed E-state index contributed by atoms with van der Waals surface area (Å²) in [7, 11) is 0. The van der Waals surface area contributed by atoms with E-state index in [1.807, 2.05) is 17.5 Å². The molecule has 0 amide bonds. The number of rotatable bonds is 6. The molecule has 4 heterocycles. The van der Waals surface area contributed by atoms with E-state index in [4.69, 9.17) is 4.42 Å². The zero-order valence-corrected chi connectivity index (χ0v) is 18.5. The highest BCUT2D eigenvalue weighted by atomic mass is 32.2. The van der Waals surface area contributed by atoms with Crippen molar-refractivity contribution in [2.75, 3.05) is 18.0 Å². The molecule has 0 N–H and O–H groups in total. The normalized spacial score (nSPS) is 15.1. The molecule has 7 nitrogen and oxygen atoms in total. The molecule has 4 aromatic rings. The Morgan fingerprint density at radius 1 is 1.03 bits per heavy atom. The molecule has 0 aliphatic carbocycles. The van der Waals surface area contributed by atoms with E-state index < -0.39 is 0 Å². The highest BCUT2D eigenvalue weighted by Crippen LogP contribution is 2.37. The lowest BCUT2D eigenvalue weighted by atomic mass is 10.2. The second-order valence-corrected chi connectivity index (χ2v) is 9.59. The summed E-state index contributed by atoms with van der Waals surface area (Å²) >= 11 is 3.17. The standard InChI is InChI=1S/C21H22N6OS2/c1-14-7-9-16(10-8-14)27-20(26-11-3-4-12-26)24-25-21(27)30-15(2)18-22-23-19(28-18)17-6-5-13-29-17/h5-10,13,15H,3-4,11-12H2,1-2H3/t15-/m0/s1. The van der Waals surface area contributed by atoms with Gasteiger partial charge in [-0.3, -0.25) is 4.57 Å². The van der Waals surface area contributed by atoms with Gasteiger partial charge in [-0.15, -0.1) is 31.7 Å². The summed E-state index contributed by atoms with van der Waals surface area (Å²) in [6, 6.07) is 12.4. The van der Waals surface area contributed by atoms with Crippen LogP contribution in [0, 0.1) is 6.92 Å². The van der Waals surface area contributed by atoms with Crippen LogP contribution in [0.25, 0.3) is 16.5 Å². The first-order chi connectivity index (χ1) is 14.7. The van der Waals surface area contributed by atoms with E-state index in [-0.39, 0.29) is 5.25 Å². The van der Waals surface area contributed by atoms with Crippen LogP contribution in [0.15, 0.2) is 51.4 Å². The highest BCUT2D eigenvalue weighted by molar-refractivity contribution is 7.99. The number of benzene rings is 1. The van der Waals surface area contributed by atoms with Gasteiger partial charge in [0, 0.05) is 13.1 Å². The largest absolute Gasteiger partial charge is 0.419 e. The van der Waals surface area contributed by atoms with Crippen LogP contribution in [0.5, 0.6) is 0 Å². The molecule has 3 aromatic heterocycles. The quantitative estimate of drug-likeness (QED) is 0.386. The Morgan fingerprint density at radius 3 is 2.57 bits per heavy atom. The van der Waals surface area contributed by atoms with Crippen molar-refractivity contribution in [1.29, 1.82) is 0 Å². The van der Waals surface area contributed by atoms with Crippen molar-refractivity contribution in [3.8, 4) is 16.5 Å². The van der Waals surface area contributed by atoms with Gasteiger partial charge in [0.2, 0.25) is 11.8 Å². The van der Waals surface area contributed by atoms with Gasteiger partial charge in [-0.2, -0.15) is 0 Å². The molecular formula is C21H22N6OS2. The SMILES string of the molecule is Cc1ccc(-n2c(S[C@@H](C)c3nnc(-c4cccs4)o3)nnc2N2CCCC2)cc1. The summed E-state index contributed by atoms with van der Waals surface area (Å²) < 4.78 is 8.07. The van der Waals surface area contributed by atoms with Gasteiger partial charge in [-0.05, 0) is 50.3 Å². The van der Waals surface area contributed by atoms with Crippen molar-refractivity contribution in [2.24, 2.45) is 0 Å². The summed E-state index contributed by atoms with van der Waals surface area (Å²) in [5, 5.41) is 20.3. The number of aryl methyl sites for hydroxylation is 1. The van der Waals surface area contributed by atoms with Crippen molar-refractivity contribution in [2.45, 2.75) is 37.1 Å². The van der Waals surface area contributed by atoms with E-state index >= 15 is 0 Å². The minimum atomic E-state index is -0.0500. The third kappa shape index (κ3) is 3.75. The third-order valence-electron chi connectivity index (χ3n) is 5.10. The molecule has 0 spiro atoms. The molecular weight excluding hydrogens is 416 g/mol. The van der Waals surface area contributed by atoms with Gasteiger partial charge in [-0.25, -0.2) is 0 Å². The van der Waals surface area contributed by atoms with E-state index in [1.165, 1.54) is 18.4 Å². The second-order valence-electron chi connectivity index (χ2n) is 7.33. The van der Waals surface area contributed by atoms with Crippen LogP contribution < -0.4 is 4.90 Å². The van der Waals surface area contributed by atoms with Crippen molar-refractivity contribution < 1.29 is 4.42 Å². The zero-order valence-electron chi connectivity index (χ0n) is 16.9. The Bertz CT molecular complexity index is 1110. The molecule has 9 heteroatoms. The number of hydrogen-bond donors (Lipinski definition) is 0. The Morgan fingerprint density at radius 2 is 1.83 bits per heavy atom. The number of anilines is 1. The van der Waals surface area contributed by atoms with Crippen molar-refractivity contribution in [3.05, 3.63) is 53.2 Å². The van der Waals surface area contributed by atoms with Gasteiger partial charge in [0.25, 0.3) is 5.89 Å². The third-order valence-corrected chi connectivity index (χ3v) is 6.99. The predicted molar refractivity (Wildman–Crippen MR) is 119 cm³/mol. The molecule has 30 heavy (non-hydrogen) atoms. The molecule has 0 saturated carbocycles.